The van der Waals surface area contributed by atoms with Crippen LogP contribution in [0.4, 0.5) is 17.1 Å². The van der Waals surface area contributed by atoms with E-state index in [0.29, 0.717) is 0 Å². The topological polar surface area (TPSA) is 45.5 Å². The van der Waals surface area contributed by atoms with Gasteiger partial charge in [-0.3, -0.25) is 0 Å². The molecule has 1 heterocycles. The monoisotopic (exact) mass is 370 g/mol. The Labute approximate surface area is 159 Å². The molecule has 136 valence electrons. The summed E-state index contributed by atoms with van der Waals surface area (Å²) in [6.45, 7) is 0. The second-order valence-electron chi connectivity index (χ2n) is 6.83. The van der Waals surface area contributed by atoms with Gasteiger partial charge in [-0.05, 0) is 67.1 Å². The zero-order chi connectivity index (χ0) is 17.4. The molecule has 0 amide bonds. The second kappa shape index (κ2) is 7.42. The van der Waals surface area contributed by atoms with Gasteiger partial charge >= 0.3 is 5.63 Å². The third-order valence-corrected chi connectivity index (χ3v) is 4.90. The number of halogens is 1. The van der Waals surface area contributed by atoms with Crippen LogP contribution in [0.5, 0.6) is 0 Å². The molecule has 4 rings (SSSR count). The second-order valence-corrected chi connectivity index (χ2v) is 6.83. The molecule has 0 bridgehead atoms. The van der Waals surface area contributed by atoms with Crippen LogP contribution < -0.4 is 15.8 Å². The molecule has 0 unspecified atom stereocenters. The lowest BCUT2D eigenvalue weighted by molar-refractivity contribution is 0.551. The molecule has 0 saturated carbocycles. The first kappa shape index (κ1) is 18.3. The molecule has 3 aromatic rings. The molecule has 2 aromatic carbocycles. The number of aryl methyl sites for hydroxylation is 2. The quantitative estimate of drug-likeness (QED) is 0.666. The molecule has 26 heavy (non-hydrogen) atoms. The van der Waals surface area contributed by atoms with Crippen molar-refractivity contribution in [1.29, 1.82) is 0 Å². The van der Waals surface area contributed by atoms with Crippen molar-refractivity contribution < 1.29 is 4.42 Å². The summed E-state index contributed by atoms with van der Waals surface area (Å²) in [4.78, 5) is 14.2. The zero-order valence-electron chi connectivity index (χ0n) is 15.0. The van der Waals surface area contributed by atoms with Crippen molar-refractivity contribution >= 4 is 40.4 Å². The van der Waals surface area contributed by atoms with Gasteiger partial charge in [-0.2, -0.15) is 0 Å². The van der Waals surface area contributed by atoms with Crippen LogP contribution in [0.1, 0.15) is 24.0 Å². The molecule has 1 aliphatic carbocycles. The predicted molar refractivity (Wildman–Crippen MR) is 110 cm³/mol. The number of anilines is 3. The van der Waals surface area contributed by atoms with Crippen LogP contribution in [-0.2, 0) is 12.8 Å². The normalized spacial score (nSPS) is 13.0. The van der Waals surface area contributed by atoms with Crippen LogP contribution in [0.15, 0.2) is 51.7 Å². The van der Waals surface area contributed by atoms with E-state index in [2.05, 4.69) is 34.5 Å². The van der Waals surface area contributed by atoms with E-state index >= 15 is 0 Å². The van der Waals surface area contributed by atoms with Crippen LogP contribution in [0.25, 0.3) is 11.0 Å². The van der Waals surface area contributed by atoms with E-state index in [1.165, 1.54) is 23.6 Å². The molecule has 0 radical (unpaired) electrons. The Bertz CT molecular complexity index is 978. The molecule has 1 N–H and O–H groups in total. The fourth-order valence-electron chi connectivity index (χ4n) is 3.55. The molecule has 1 aromatic heterocycles. The molecule has 1 aliphatic rings. The molecule has 0 spiro atoms. The highest BCUT2D eigenvalue weighted by Gasteiger charge is 2.16. The maximum atomic E-state index is 12.1. The Balaban J connectivity index is 0.00000196. The molecular formula is C21H23ClN2O2. The van der Waals surface area contributed by atoms with Gasteiger partial charge in [-0.15, -0.1) is 12.4 Å². The molecule has 0 fully saturated rings. The first-order valence-corrected chi connectivity index (χ1v) is 8.75. The van der Waals surface area contributed by atoms with Crippen molar-refractivity contribution in [3.05, 3.63) is 64.0 Å². The molecule has 0 saturated heterocycles. The Morgan fingerprint density at radius 2 is 1.73 bits per heavy atom. The Hall–Kier alpha value is -2.46. The lowest BCUT2D eigenvalue weighted by Gasteiger charge is -2.18. The Morgan fingerprint density at radius 3 is 2.46 bits per heavy atom. The van der Waals surface area contributed by atoms with Gasteiger partial charge in [0.05, 0.1) is 5.69 Å². The van der Waals surface area contributed by atoms with Crippen LogP contribution in [-0.4, -0.2) is 14.1 Å². The minimum absolute atomic E-state index is 0. The van der Waals surface area contributed by atoms with Gasteiger partial charge < -0.3 is 14.6 Å². The van der Waals surface area contributed by atoms with E-state index < -0.39 is 0 Å². The number of rotatable bonds is 3. The van der Waals surface area contributed by atoms with Crippen molar-refractivity contribution in [3.8, 4) is 0 Å². The van der Waals surface area contributed by atoms with E-state index in [0.717, 1.165) is 47.3 Å². The maximum absolute atomic E-state index is 12.1. The van der Waals surface area contributed by atoms with E-state index in [4.69, 9.17) is 4.42 Å². The SMILES string of the molecule is CN(C)c1ccc(Nc2cc(=O)oc3c4c(ccc23)CCCC4)cc1.Cl. The summed E-state index contributed by atoms with van der Waals surface area (Å²) in [5.74, 6) is 0. The van der Waals surface area contributed by atoms with Crippen molar-refractivity contribution in [2.24, 2.45) is 0 Å². The number of fused-ring (bicyclic) bond motifs is 3. The standard InChI is InChI=1S/C21H22N2O2.ClH/c1-23(2)16-10-8-15(9-11-16)22-19-13-20(24)25-21-17-6-4-3-5-14(17)7-12-18(19)21;/h7-13,22H,3-6H2,1-2H3;1H. The van der Waals surface area contributed by atoms with Crippen LogP contribution in [0, 0.1) is 0 Å². The third kappa shape index (κ3) is 3.42. The summed E-state index contributed by atoms with van der Waals surface area (Å²) in [6.07, 6.45) is 4.41. The van der Waals surface area contributed by atoms with Crippen molar-refractivity contribution in [1.82, 2.24) is 0 Å². The lowest BCUT2D eigenvalue weighted by Crippen LogP contribution is -2.08. The van der Waals surface area contributed by atoms with E-state index in [9.17, 15) is 4.79 Å². The van der Waals surface area contributed by atoms with Crippen molar-refractivity contribution in [3.63, 3.8) is 0 Å². The van der Waals surface area contributed by atoms with Gasteiger partial charge in [0.15, 0.2) is 0 Å². The summed E-state index contributed by atoms with van der Waals surface area (Å²) in [7, 11) is 4.03. The average Bonchev–Trinajstić information content (AvgIpc) is 2.62. The van der Waals surface area contributed by atoms with Crippen LogP contribution in [0.2, 0.25) is 0 Å². The fraction of sp³-hybridized carbons (Fsp3) is 0.286. The number of hydrogen-bond acceptors (Lipinski definition) is 4. The summed E-state index contributed by atoms with van der Waals surface area (Å²) >= 11 is 0. The zero-order valence-corrected chi connectivity index (χ0v) is 15.9. The average molecular weight is 371 g/mol. The summed E-state index contributed by atoms with van der Waals surface area (Å²) in [6, 6.07) is 13.9. The van der Waals surface area contributed by atoms with Gasteiger partial charge in [0.1, 0.15) is 5.58 Å². The summed E-state index contributed by atoms with van der Waals surface area (Å²) in [5, 5.41) is 4.35. The number of nitrogens with one attached hydrogen (secondary N) is 1. The third-order valence-electron chi connectivity index (χ3n) is 4.90. The van der Waals surface area contributed by atoms with Gasteiger partial charge in [-0.25, -0.2) is 4.79 Å². The Kier molecular flexibility index (Phi) is 5.23. The van der Waals surface area contributed by atoms with Crippen LogP contribution >= 0.6 is 12.4 Å². The summed E-state index contributed by atoms with van der Waals surface area (Å²) < 4.78 is 5.59. The highest BCUT2D eigenvalue weighted by Crippen LogP contribution is 2.33. The van der Waals surface area contributed by atoms with Gasteiger partial charge in [0, 0.05) is 36.9 Å². The Morgan fingerprint density at radius 1 is 1.00 bits per heavy atom. The van der Waals surface area contributed by atoms with Crippen LogP contribution in [0.3, 0.4) is 0 Å². The van der Waals surface area contributed by atoms with Gasteiger partial charge in [-0.1, -0.05) is 6.07 Å². The molecule has 5 heteroatoms. The molecule has 0 atom stereocenters. The van der Waals surface area contributed by atoms with Crippen molar-refractivity contribution in [2.75, 3.05) is 24.3 Å². The first-order chi connectivity index (χ1) is 12.1. The highest BCUT2D eigenvalue weighted by atomic mass is 35.5. The predicted octanol–water partition coefficient (Wildman–Crippen LogP) is 4.90. The molecule has 4 nitrogen and oxygen atoms in total. The van der Waals surface area contributed by atoms with Gasteiger partial charge in [0.25, 0.3) is 0 Å². The van der Waals surface area contributed by atoms with E-state index in [1.807, 2.05) is 26.2 Å². The number of benzene rings is 2. The fourth-order valence-corrected chi connectivity index (χ4v) is 3.55. The largest absolute Gasteiger partial charge is 0.422 e. The van der Waals surface area contributed by atoms with Gasteiger partial charge in [0.2, 0.25) is 0 Å². The van der Waals surface area contributed by atoms with E-state index in [-0.39, 0.29) is 18.0 Å². The first-order valence-electron chi connectivity index (χ1n) is 8.75. The number of hydrogen-bond donors (Lipinski definition) is 1. The smallest absolute Gasteiger partial charge is 0.338 e. The summed E-state index contributed by atoms with van der Waals surface area (Å²) in [5.41, 5.74) is 5.85. The lowest BCUT2D eigenvalue weighted by atomic mass is 9.90. The molecule has 0 aliphatic heterocycles. The highest BCUT2D eigenvalue weighted by molar-refractivity contribution is 5.94. The minimum Gasteiger partial charge on any atom is -0.422 e. The maximum Gasteiger partial charge on any atom is 0.338 e. The van der Waals surface area contributed by atoms with Crippen molar-refractivity contribution in [2.45, 2.75) is 25.7 Å². The number of nitrogens with zero attached hydrogens (tertiary/aromatic N) is 1. The van der Waals surface area contributed by atoms with E-state index in [1.54, 1.807) is 0 Å². The molecular weight excluding hydrogens is 348 g/mol. The minimum atomic E-state index is -0.307.